The summed E-state index contributed by atoms with van der Waals surface area (Å²) in [7, 11) is 0. The number of nitrogens with zero attached hydrogens (tertiary/aromatic N) is 1. The van der Waals surface area contributed by atoms with Crippen molar-refractivity contribution in [2.45, 2.75) is 34.1 Å². The Morgan fingerprint density at radius 2 is 2.00 bits per heavy atom. The number of aromatic nitrogens is 1. The van der Waals surface area contributed by atoms with Crippen LogP contribution in [0.1, 0.15) is 33.3 Å². The summed E-state index contributed by atoms with van der Waals surface area (Å²) in [5.41, 5.74) is 6.81. The fourth-order valence-corrected chi connectivity index (χ4v) is 1.06. The van der Waals surface area contributed by atoms with Gasteiger partial charge in [-0.05, 0) is 24.0 Å². The van der Waals surface area contributed by atoms with E-state index < -0.39 is 0 Å². The van der Waals surface area contributed by atoms with E-state index in [0.717, 1.165) is 12.0 Å². The third-order valence-corrected chi connectivity index (χ3v) is 1.55. The molecule has 2 N–H and O–H groups in total. The van der Waals surface area contributed by atoms with Crippen molar-refractivity contribution in [3.05, 3.63) is 36.8 Å². The van der Waals surface area contributed by atoms with Crippen molar-refractivity contribution >= 4 is 5.82 Å². The van der Waals surface area contributed by atoms with E-state index in [1.807, 2.05) is 26.0 Å². The molecule has 0 aliphatic rings. The zero-order chi connectivity index (χ0) is 13.0. The molecule has 0 aliphatic heterocycles. The highest BCUT2D eigenvalue weighted by Gasteiger charge is 2.00. The van der Waals surface area contributed by atoms with Crippen LogP contribution in [0.25, 0.3) is 0 Å². The predicted molar refractivity (Wildman–Crippen MR) is 69.8 cm³/mol. The Morgan fingerprint density at radius 1 is 1.50 bits per heavy atom. The molecular formula is C13H23FN2. The molecule has 1 heterocycles. The summed E-state index contributed by atoms with van der Waals surface area (Å²) in [6.07, 6.45) is 2.98. The zero-order valence-corrected chi connectivity index (χ0v) is 10.7. The van der Waals surface area contributed by atoms with Crippen molar-refractivity contribution in [1.82, 2.24) is 4.98 Å². The molecule has 1 rings (SSSR count). The molecule has 0 spiro atoms. The second kappa shape index (κ2) is 11.7. The number of rotatable bonds is 2. The first-order valence-corrected chi connectivity index (χ1v) is 5.52. The maximum absolute atomic E-state index is 10.1. The van der Waals surface area contributed by atoms with Crippen LogP contribution < -0.4 is 5.73 Å². The predicted octanol–water partition coefficient (Wildman–Crippen LogP) is 3.99. The van der Waals surface area contributed by atoms with E-state index in [1.54, 1.807) is 6.20 Å². The number of hydrogen-bond acceptors (Lipinski definition) is 2. The van der Waals surface area contributed by atoms with Crippen LogP contribution in [0.15, 0.2) is 31.2 Å². The van der Waals surface area contributed by atoms with Gasteiger partial charge in [-0.25, -0.2) is 9.37 Å². The summed E-state index contributed by atoms with van der Waals surface area (Å²) in [6, 6.07) is 3.95. The molecule has 1 aromatic rings. The molecule has 92 valence electrons. The third-order valence-electron chi connectivity index (χ3n) is 1.55. The van der Waals surface area contributed by atoms with E-state index in [1.165, 1.54) is 0 Å². The first-order valence-electron chi connectivity index (χ1n) is 5.52. The smallest absolute Gasteiger partial charge is 0.126 e. The number of hydrogen-bond donors (Lipinski definition) is 1. The lowest BCUT2D eigenvalue weighted by Crippen LogP contribution is -2.00. The molecule has 0 amide bonds. The summed E-state index contributed by atoms with van der Waals surface area (Å²) in [6.45, 7) is 11.0. The first-order chi connectivity index (χ1) is 7.61. The van der Waals surface area contributed by atoms with Crippen LogP contribution in [0.5, 0.6) is 0 Å². The van der Waals surface area contributed by atoms with Crippen molar-refractivity contribution in [2.75, 3.05) is 5.73 Å². The van der Waals surface area contributed by atoms with E-state index in [9.17, 15) is 4.39 Å². The number of anilines is 1. The van der Waals surface area contributed by atoms with Crippen LogP contribution in [0.3, 0.4) is 0 Å². The van der Waals surface area contributed by atoms with E-state index in [0.29, 0.717) is 11.7 Å². The average molecular weight is 226 g/mol. The number of halogens is 1. The lowest BCUT2D eigenvalue weighted by Gasteiger charge is -2.05. The molecule has 0 saturated carbocycles. The molecule has 0 atom stereocenters. The van der Waals surface area contributed by atoms with Crippen molar-refractivity contribution in [3.63, 3.8) is 0 Å². The molecule has 0 saturated heterocycles. The van der Waals surface area contributed by atoms with Gasteiger partial charge in [-0.15, -0.1) is 0 Å². The van der Waals surface area contributed by atoms with Crippen LogP contribution in [0.2, 0.25) is 0 Å². The Morgan fingerprint density at radius 3 is 2.38 bits per heavy atom. The minimum Gasteiger partial charge on any atom is -0.383 e. The van der Waals surface area contributed by atoms with Gasteiger partial charge in [-0.1, -0.05) is 40.3 Å². The number of nitrogens with two attached hydrogens (primary N) is 1. The molecule has 0 unspecified atom stereocenters. The Kier molecular flexibility index (Phi) is 12.4. The molecule has 2 nitrogen and oxygen atoms in total. The van der Waals surface area contributed by atoms with Gasteiger partial charge < -0.3 is 5.73 Å². The summed E-state index contributed by atoms with van der Waals surface area (Å²) >= 11 is 0. The van der Waals surface area contributed by atoms with Crippen molar-refractivity contribution < 1.29 is 4.39 Å². The molecular weight excluding hydrogens is 203 g/mol. The van der Waals surface area contributed by atoms with Crippen LogP contribution >= 0.6 is 0 Å². The lowest BCUT2D eigenvalue weighted by molar-refractivity contribution is 0.647. The van der Waals surface area contributed by atoms with Crippen LogP contribution in [-0.4, -0.2) is 4.98 Å². The minimum atomic E-state index is 0.250. The van der Waals surface area contributed by atoms with Gasteiger partial charge in [0.2, 0.25) is 0 Å². The minimum absolute atomic E-state index is 0.250. The Bertz CT molecular complexity index is 272. The fourth-order valence-electron chi connectivity index (χ4n) is 1.06. The molecule has 0 aromatic carbocycles. The maximum Gasteiger partial charge on any atom is 0.126 e. The third kappa shape index (κ3) is 9.19. The van der Waals surface area contributed by atoms with Gasteiger partial charge in [0.05, 0.1) is 6.33 Å². The summed E-state index contributed by atoms with van der Waals surface area (Å²) < 4.78 is 10.1. The average Bonchev–Trinajstić information content (AvgIpc) is 2.25. The van der Waals surface area contributed by atoms with Gasteiger partial charge in [0.25, 0.3) is 0 Å². The standard InChI is InChI=1S/C9H14N2.C2H3F.C2H6/c1-7(2)6-8-4-3-5-11-9(8)10;1-2-3;1-2/h3-5,7H,6H2,1-2H3,(H2,10,11);2H,1H2;1-2H3. The monoisotopic (exact) mass is 226 g/mol. The normalized spacial score (nSPS) is 8.38. The van der Waals surface area contributed by atoms with Gasteiger partial charge in [-0.3, -0.25) is 0 Å². The molecule has 16 heavy (non-hydrogen) atoms. The molecule has 3 heteroatoms. The van der Waals surface area contributed by atoms with Gasteiger partial charge in [0, 0.05) is 6.20 Å². The van der Waals surface area contributed by atoms with Crippen LogP contribution in [0.4, 0.5) is 10.2 Å². The van der Waals surface area contributed by atoms with Crippen molar-refractivity contribution in [3.8, 4) is 0 Å². The Balaban J connectivity index is 0. The van der Waals surface area contributed by atoms with Gasteiger partial charge in [-0.2, -0.15) is 0 Å². The van der Waals surface area contributed by atoms with Gasteiger partial charge in [0.15, 0.2) is 0 Å². The SMILES string of the molecule is C=CF.CC.CC(C)Cc1cccnc1N. The molecule has 0 fully saturated rings. The highest BCUT2D eigenvalue weighted by molar-refractivity contribution is 5.38. The quantitative estimate of drug-likeness (QED) is 0.828. The van der Waals surface area contributed by atoms with Crippen LogP contribution in [-0.2, 0) is 6.42 Å². The second-order valence-electron chi connectivity index (χ2n) is 3.30. The largest absolute Gasteiger partial charge is 0.383 e. The van der Waals surface area contributed by atoms with Crippen LogP contribution in [0, 0.1) is 5.92 Å². The fraction of sp³-hybridized carbons (Fsp3) is 0.462. The molecule has 1 aromatic heterocycles. The summed E-state index contributed by atoms with van der Waals surface area (Å²) in [4.78, 5) is 4.01. The lowest BCUT2D eigenvalue weighted by atomic mass is 10.0. The highest BCUT2D eigenvalue weighted by atomic mass is 19.1. The summed E-state index contributed by atoms with van der Waals surface area (Å²) in [5, 5.41) is 0. The Hall–Kier alpha value is -1.38. The number of nitrogen functional groups attached to an aromatic ring is 1. The Labute approximate surface area is 98.4 Å². The van der Waals surface area contributed by atoms with Gasteiger partial charge >= 0.3 is 0 Å². The number of pyridine rings is 1. The first kappa shape index (κ1) is 17.0. The van der Waals surface area contributed by atoms with E-state index in [2.05, 4.69) is 25.4 Å². The molecule has 0 radical (unpaired) electrons. The van der Waals surface area contributed by atoms with E-state index in [-0.39, 0.29) is 6.33 Å². The second-order valence-corrected chi connectivity index (χ2v) is 3.30. The molecule has 0 aliphatic carbocycles. The van der Waals surface area contributed by atoms with Gasteiger partial charge in [0.1, 0.15) is 5.82 Å². The summed E-state index contributed by atoms with van der Waals surface area (Å²) in [5.74, 6) is 1.31. The molecule has 0 bridgehead atoms. The topological polar surface area (TPSA) is 38.9 Å². The van der Waals surface area contributed by atoms with E-state index in [4.69, 9.17) is 5.73 Å². The maximum atomic E-state index is 10.1. The highest BCUT2D eigenvalue weighted by Crippen LogP contribution is 2.12. The van der Waals surface area contributed by atoms with E-state index >= 15 is 0 Å². The van der Waals surface area contributed by atoms with Crippen molar-refractivity contribution in [1.29, 1.82) is 0 Å². The van der Waals surface area contributed by atoms with Crippen molar-refractivity contribution in [2.24, 2.45) is 5.92 Å². The zero-order valence-electron chi connectivity index (χ0n) is 10.7.